The molecule has 4 heterocycles. The predicted octanol–water partition coefficient (Wildman–Crippen LogP) is 3.68. The third-order valence-corrected chi connectivity index (χ3v) is 6.17. The van der Waals surface area contributed by atoms with Crippen LogP contribution in [0.4, 0.5) is 0 Å². The van der Waals surface area contributed by atoms with E-state index in [0.29, 0.717) is 6.54 Å². The average Bonchev–Trinajstić information content (AvgIpc) is 3.33. The number of carbonyl (C=O) groups is 1. The van der Waals surface area contributed by atoms with E-state index in [1.54, 1.807) is 33.8 Å². The maximum atomic E-state index is 12.8. The maximum absolute atomic E-state index is 12.8. The minimum atomic E-state index is 0.0313. The Balaban J connectivity index is 1.49. The molecule has 0 spiro atoms. The first kappa shape index (κ1) is 15.5. The second-order valence-corrected chi connectivity index (χ2v) is 7.77. The highest BCUT2D eigenvalue weighted by atomic mass is 32.1. The van der Waals surface area contributed by atoms with Crippen LogP contribution in [0.3, 0.4) is 0 Å². The summed E-state index contributed by atoms with van der Waals surface area (Å²) in [5, 5.41) is 9.46. The van der Waals surface area contributed by atoms with Crippen molar-refractivity contribution in [1.82, 2.24) is 19.7 Å². The second-order valence-electron chi connectivity index (χ2n) is 5.97. The molecule has 0 N–H and O–H groups in total. The van der Waals surface area contributed by atoms with E-state index < -0.39 is 0 Å². The Morgan fingerprint density at radius 3 is 3.12 bits per heavy atom. The number of carbonyl (C=O) groups excluding carboxylic acids is 1. The smallest absolute Gasteiger partial charge is 0.257 e. The highest BCUT2D eigenvalue weighted by molar-refractivity contribution is 7.20. The Kier molecular flexibility index (Phi) is 4.20. The van der Waals surface area contributed by atoms with Gasteiger partial charge in [-0.25, -0.2) is 4.98 Å². The van der Waals surface area contributed by atoms with Gasteiger partial charge in [0.05, 0.1) is 34.6 Å². The van der Waals surface area contributed by atoms with Crippen molar-refractivity contribution in [3.05, 3.63) is 46.0 Å². The van der Waals surface area contributed by atoms with Crippen LogP contribution in [-0.4, -0.2) is 32.6 Å². The molecule has 5 nitrogen and oxygen atoms in total. The lowest BCUT2D eigenvalue weighted by Gasteiger charge is -2.18. The van der Waals surface area contributed by atoms with Gasteiger partial charge >= 0.3 is 0 Å². The molecule has 0 atom stereocenters. The number of aryl methyl sites for hydroxylation is 1. The van der Waals surface area contributed by atoms with Crippen LogP contribution in [0.1, 0.15) is 34.6 Å². The Morgan fingerprint density at radius 2 is 2.29 bits per heavy atom. The number of rotatable bonds is 4. The summed E-state index contributed by atoms with van der Waals surface area (Å²) in [6.07, 6.45) is 4.93. The molecule has 24 heavy (non-hydrogen) atoms. The number of amides is 1. The SMILES string of the molecule is CN(Cc1csc(-c2cccs2)n1)C(=O)c1cnn2c1CCCC2. The van der Waals surface area contributed by atoms with Crippen molar-refractivity contribution >= 4 is 28.6 Å². The van der Waals surface area contributed by atoms with Crippen LogP contribution in [0.15, 0.2) is 29.1 Å². The number of nitrogens with zero attached hydrogens (tertiary/aromatic N) is 4. The van der Waals surface area contributed by atoms with E-state index >= 15 is 0 Å². The van der Waals surface area contributed by atoms with Crippen molar-refractivity contribution in [3.63, 3.8) is 0 Å². The molecule has 0 bridgehead atoms. The molecule has 124 valence electrons. The number of fused-ring (bicyclic) bond motifs is 1. The van der Waals surface area contributed by atoms with Gasteiger partial charge in [-0.15, -0.1) is 22.7 Å². The van der Waals surface area contributed by atoms with Crippen molar-refractivity contribution in [1.29, 1.82) is 0 Å². The Bertz CT molecular complexity index is 850. The Hall–Kier alpha value is -1.99. The highest BCUT2D eigenvalue weighted by Gasteiger charge is 2.22. The molecule has 0 radical (unpaired) electrons. The number of aromatic nitrogens is 3. The van der Waals surface area contributed by atoms with Crippen molar-refractivity contribution < 1.29 is 4.79 Å². The van der Waals surface area contributed by atoms with E-state index in [1.165, 1.54) is 4.88 Å². The molecule has 0 saturated heterocycles. The lowest BCUT2D eigenvalue weighted by atomic mass is 10.1. The number of hydrogen-bond donors (Lipinski definition) is 0. The van der Waals surface area contributed by atoms with Gasteiger partial charge in [-0.2, -0.15) is 5.10 Å². The first-order valence-corrected chi connectivity index (χ1v) is 9.77. The largest absolute Gasteiger partial charge is 0.336 e. The van der Waals surface area contributed by atoms with Crippen LogP contribution >= 0.6 is 22.7 Å². The standard InChI is InChI=1S/C17H18N4OS2/c1-20(10-12-11-24-16(19-12)15-6-4-8-23-15)17(22)13-9-18-21-7-3-2-5-14(13)21/h4,6,8-9,11H,2-3,5,7,10H2,1H3. The minimum Gasteiger partial charge on any atom is -0.336 e. The van der Waals surface area contributed by atoms with Crippen molar-refractivity contribution in [2.75, 3.05) is 7.05 Å². The minimum absolute atomic E-state index is 0.0313. The quantitative estimate of drug-likeness (QED) is 0.715. The molecule has 1 aliphatic heterocycles. The summed E-state index contributed by atoms with van der Waals surface area (Å²) in [7, 11) is 1.83. The molecule has 4 rings (SSSR count). The van der Waals surface area contributed by atoms with Gasteiger partial charge < -0.3 is 4.90 Å². The van der Waals surface area contributed by atoms with Gasteiger partial charge in [0.2, 0.25) is 0 Å². The fraction of sp³-hybridized carbons (Fsp3) is 0.353. The summed E-state index contributed by atoms with van der Waals surface area (Å²) < 4.78 is 1.97. The van der Waals surface area contributed by atoms with E-state index in [4.69, 9.17) is 0 Å². The molecular weight excluding hydrogens is 340 g/mol. The van der Waals surface area contributed by atoms with E-state index in [-0.39, 0.29) is 5.91 Å². The molecule has 0 saturated carbocycles. The third-order valence-electron chi connectivity index (χ3n) is 4.24. The zero-order chi connectivity index (χ0) is 16.5. The topological polar surface area (TPSA) is 51.0 Å². The molecule has 0 unspecified atom stereocenters. The number of hydrogen-bond acceptors (Lipinski definition) is 5. The summed E-state index contributed by atoms with van der Waals surface area (Å²) in [5.74, 6) is 0.0313. The lowest BCUT2D eigenvalue weighted by Crippen LogP contribution is -2.27. The highest BCUT2D eigenvalue weighted by Crippen LogP contribution is 2.28. The summed E-state index contributed by atoms with van der Waals surface area (Å²) in [6.45, 7) is 1.44. The van der Waals surface area contributed by atoms with E-state index in [9.17, 15) is 4.79 Å². The third kappa shape index (κ3) is 2.89. The van der Waals surface area contributed by atoms with Crippen LogP contribution < -0.4 is 0 Å². The van der Waals surface area contributed by atoms with Gasteiger partial charge in [0.25, 0.3) is 5.91 Å². The molecular formula is C17H18N4OS2. The summed E-state index contributed by atoms with van der Waals surface area (Å²) in [5.41, 5.74) is 2.75. The van der Waals surface area contributed by atoms with Crippen molar-refractivity contribution in [2.45, 2.75) is 32.4 Å². The molecule has 1 amide bonds. The fourth-order valence-electron chi connectivity index (χ4n) is 3.01. The van der Waals surface area contributed by atoms with Gasteiger partial charge in [-0.05, 0) is 30.7 Å². The molecule has 3 aromatic heterocycles. The normalized spacial score (nSPS) is 13.7. The molecule has 3 aromatic rings. The van der Waals surface area contributed by atoms with E-state index in [1.807, 2.05) is 23.2 Å². The van der Waals surface area contributed by atoms with Crippen LogP contribution in [0.2, 0.25) is 0 Å². The monoisotopic (exact) mass is 358 g/mol. The zero-order valence-electron chi connectivity index (χ0n) is 13.4. The van der Waals surface area contributed by atoms with Crippen LogP contribution in [0.25, 0.3) is 9.88 Å². The van der Waals surface area contributed by atoms with Gasteiger partial charge in [-0.3, -0.25) is 9.48 Å². The number of thiophene rings is 1. The van der Waals surface area contributed by atoms with Crippen LogP contribution in [-0.2, 0) is 19.5 Å². The second kappa shape index (κ2) is 6.49. The van der Waals surface area contributed by atoms with Gasteiger partial charge in [0.15, 0.2) is 0 Å². The fourth-order valence-corrected chi connectivity index (χ4v) is 4.64. The number of thiazole rings is 1. The molecule has 0 aliphatic carbocycles. The molecule has 0 fully saturated rings. The van der Waals surface area contributed by atoms with Crippen LogP contribution in [0, 0.1) is 0 Å². The van der Waals surface area contributed by atoms with Gasteiger partial charge in [0.1, 0.15) is 5.01 Å². The first-order valence-electron chi connectivity index (χ1n) is 8.01. The molecule has 7 heteroatoms. The van der Waals surface area contributed by atoms with Crippen molar-refractivity contribution in [2.24, 2.45) is 0 Å². The van der Waals surface area contributed by atoms with Gasteiger partial charge in [0, 0.05) is 19.0 Å². The maximum Gasteiger partial charge on any atom is 0.257 e. The Morgan fingerprint density at radius 1 is 1.38 bits per heavy atom. The van der Waals surface area contributed by atoms with E-state index in [0.717, 1.165) is 47.8 Å². The van der Waals surface area contributed by atoms with Gasteiger partial charge in [-0.1, -0.05) is 6.07 Å². The van der Waals surface area contributed by atoms with E-state index in [2.05, 4.69) is 21.5 Å². The molecule has 1 aliphatic rings. The first-order chi connectivity index (χ1) is 11.7. The zero-order valence-corrected chi connectivity index (χ0v) is 15.1. The van der Waals surface area contributed by atoms with Crippen molar-refractivity contribution in [3.8, 4) is 9.88 Å². The lowest BCUT2D eigenvalue weighted by molar-refractivity contribution is 0.0782. The summed E-state index contributed by atoms with van der Waals surface area (Å²) in [6, 6.07) is 4.10. The average molecular weight is 358 g/mol. The summed E-state index contributed by atoms with van der Waals surface area (Å²) in [4.78, 5) is 20.3. The van der Waals surface area contributed by atoms with Crippen LogP contribution in [0.5, 0.6) is 0 Å². The predicted molar refractivity (Wildman–Crippen MR) is 96.4 cm³/mol. The summed E-state index contributed by atoms with van der Waals surface area (Å²) >= 11 is 3.31. The molecule has 0 aromatic carbocycles. The Labute approximate surface area is 148 Å².